The second-order valence-corrected chi connectivity index (χ2v) is 5.60. The second kappa shape index (κ2) is 6.59. The molecule has 0 bridgehead atoms. The van der Waals surface area contributed by atoms with Gasteiger partial charge >= 0.3 is 0 Å². The molecule has 0 aliphatic carbocycles. The fourth-order valence-electron chi connectivity index (χ4n) is 2.53. The van der Waals surface area contributed by atoms with Crippen molar-refractivity contribution in [1.82, 2.24) is 0 Å². The molecule has 22 heavy (non-hydrogen) atoms. The minimum Gasteiger partial charge on any atom is -0.281 e. The minimum absolute atomic E-state index is 0.258. The SMILES string of the molecule is O=C(Cl)Cc1cccc(-c2cccc(-c3ccccc3)c2)c1. The van der Waals surface area contributed by atoms with Crippen LogP contribution in [0.2, 0.25) is 0 Å². The van der Waals surface area contributed by atoms with Gasteiger partial charge in [-0.15, -0.1) is 0 Å². The smallest absolute Gasteiger partial charge is 0.226 e. The number of hydrogen-bond acceptors (Lipinski definition) is 1. The molecule has 108 valence electrons. The standard InChI is InChI=1S/C20H15ClO/c21-20(22)13-15-6-4-9-17(12-15)19-11-5-10-18(14-19)16-7-2-1-3-8-16/h1-12,14H,13H2. The number of halogens is 1. The third-order valence-corrected chi connectivity index (χ3v) is 3.71. The summed E-state index contributed by atoms with van der Waals surface area (Å²) >= 11 is 5.48. The van der Waals surface area contributed by atoms with Crippen LogP contribution < -0.4 is 0 Å². The van der Waals surface area contributed by atoms with E-state index >= 15 is 0 Å². The lowest BCUT2D eigenvalue weighted by atomic mass is 9.97. The highest BCUT2D eigenvalue weighted by atomic mass is 35.5. The van der Waals surface area contributed by atoms with Gasteiger partial charge in [0.2, 0.25) is 5.24 Å². The van der Waals surface area contributed by atoms with Gasteiger partial charge in [-0.2, -0.15) is 0 Å². The maximum atomic E-state index is 11.1. The third kappa shape index (κ3) is 3.44. The van der Waals surface area contributed by atoms with Gasteiger partial charge in [-0.05, 0) is 45.5 Å². The fourth-order valence-corrected chi connectivity index (χ4v) is 2.68. The minimum atomic E-state index is -0.338. The van der Waals surface area contributed by atoms with Crippen LogP contribution in [0, 0.1) is 0 Å². The summed E-state index contributed by atoms with van der Waals surface area (Å²) in [5, 5.41) is -0.338. The molecule has 0 unspecified atom stereocenters. The first-order valence-corrected chi connectivity index (χ1v) is 7.53. The molecule has 0 N–H and O–H groups in total. The van der Waals surface area contributed by atoms with Gasteiger partial charge in [0.15, 0.2) is 0 Å². The molecule has 0 saturated heterocycles. The van der Waals surface area contributed by atoms with Crippen LogP contribution in [0.1, 0.15) is 5.56 Å². The third-order valence-electron chi connectivity index (χ3n) is 3.57. The molecule has 3 rings (SSSR count). The molecule has 0 atom stereocenters. The molecule has 0 fully saturated rings. The molecule has 0 heterocycles. The van der Waals surface area contributed by atoms with Crippen LogP contribution in [0.25, 0.3) is 22.3 Å². The van der Waals surface area contributed by atoms with Crippen LogP contribution >= 0.6 is 11.6 Å². The van der Waals surface area contributed by atoms with Crippen LogP contribution in [0.15, 0.2) is 78.9 Å². The first kappa shape index (κ1) is 14.6. The van der Waals surface area contributed by atoms with E-state index in [9.17, 15) is 4.79 Å². The molecule has 0 saturated carbocycles. The number of carbonyl (C=O) groups is 1. The largest absolute Gasteiger partial charge is 0.281 e. The maximum Gasteiger partial charge on any atom is 0.226 e. The summed E-state index contributed by atoms with van der Waals surface area (Å²) < 4.78 is 0. The number of benzene rings is 3. The molecule has 0 aromatic heterocycles. The van der Waals surface area contributed by atoms with E-state index < -0.39 is 0 Å². The Morgan fingerprint density at radius 1 is 0.682 bits per heavy atom. The van der Waals surface area contributed by atoms with Gasteiger partial charge < -0.3 is 0 Å². The van der Waals surface area contributed by atoms with Crippen LogP contribution in [-0.2, 0) is 11.2 Å². The van der Waals surface area contributed by atoms with Crippen molar-refractivity contribution in [3.05, 3.63) is 84.4 Å². The first-order valence-electron chi connectivity index (χ1n) is 7.15. The van der Waals surface area contributed by atoms with E-state index in [1.807, 2.05) is 42.5 Å². The molecule has 0 amide bonds. The topological polar surface area (TPSA) is 17.1 Å². The van der Waals surface area contributed by atoms with Gasteiger partial charge in [-0.1, -0.05) is 72.8 Å². The lowest BCUT2D eigenvalue weighted by molar-refractivity contribution is -0.111. The molecular formula is C20H15ClO. The molecule has 0 aliphatic rings. The highest BCUT2D eigenvalue weighted by Gasteiger charge is 2.04. The Morgan fingerprint density at radius 3 is 1.91 bits per heavy atom. The Bertz CT molecular complexity index is 794. The molecule has 3 aromatic carbocycles. The summed E-state index contributed by atoms with van der Waals surface area (Å²) in [6.45, 7) is 0. The van der Waals surface area contributed by atoms with Crippen LogP contribution in [-0.4, -0.2) is 5.24 Å². The Labute approximate surface area is 135 Å². The Kier molecular flexibility index (Phi) is 4.36. The molecule has 3 aromatic rings. The highest BCUT2D eigenvalue weighted by molar-refractivity contribution is 6.63. The van der Waals surface area contributed by atoms with E-state index in [1.165, 1.54) is 11.1 Å². The van der Waals surface area contributed by atoms with Gasteiger partial charge in [-0.3, -0.25) is 4.79 Å². The summed E-state index contributed by atoms with van der Waals surface area (Å²) in [5.74, 6) is 0. The normalized spacial score (nSPS) is 10.4. The molecule has 1 nitrogen and oxygen atoms in total. The quantitative estimate of drug-likeness (QED) is 0.595. The van der Waals surface area contributed by atoms with Crippen LogP contribution in [0.5, 0.6) is 0 Å². The lowest BCUT2D eigenvalue weighted by Gasteiger charge is -2.07. The monoisotopic (exact) mass is 306 g/mol. The Balaban J connectivity index is 1.97. The summed E-state index contributed by atoms with van der Waals surface area (Å²) in [4.78, 5) is 11.1. The average molecular weight is 307 g/mol. The predicted octanol–water partition coefficient (Wildman–Crippen LogP) is 5.33. The van der Waals surface area contributed by atoms with E-state index in [1.54, 1.807) is 0 Å². The van der Waals surface area contributed by atoms with Gasteiger partial charge in [0.1, 0.15) is 0 Å². The molecule has 0 aliphatic heterocycles. The summed E-state index contributed by atoms with van der Waals surface area (Å²) in [6, 6.07) is 26.6. The Morgan fingerprint density at radius 2 is 1.23 bits per heavy atom. The van der Waals surface area contributed by atoms with Crippen molar-refractivity contribution < 1.29 is 4.79 Å². The van der Waals surface area contributed by atoms with Gasteiger partial charge in [-0.25, -0.2) is 0 Å². The van der Waals surface area contributed by atoms with E-state index in [4.69, 9.17) is 11.6 Å². The van der Waals surface area contributed by atoms with E-state index in [2.05, 4.69) is 36.4 Å². The van der Waals surface area contributed by atoms with E-state index in [0.717, 1.165) is 16.7 Å². The molecular weight excluding hydrogens is 292 g/mol. The zero-order chi connectivity index (χ0) is 15.4. The van der Waals surface area contributed by atoms with Crippen molar-refractivity contribution in [3.8, 4) is 22.3 Å². The van der Waals surface area contributed by atoms with Crippen LogP contribution in [0.4, 0.5) is 0 Å². The van der Waals surface area contributed by atoms with E-state index in [0.29, 0.717) is 0 Å². The van der Waals surface area contributed by atoms with Crippen molar-refractivity contribution in [3.63, 3.8) is 0 Å². The number of rotatable bonds is 4. The van der Waals surface area contributed by atoms with Crippen molar-refractivity contribution in [1.29, 1.82) is 0 Å². The Hall–Kier alpha value is -2.38. The predicted molar refractivity (Wildman–Crippen MR) is 91.9 cm³/mol. The second-order valence-electron chi connectivity index (χ2n) is 5.18. The number of hydrogen-bond donors (Lipinski definition) is 0. The summed E-state index contributed by atoms with van der Waals surface area (Å²) in [7, 11) is 0. The van der Waals surface area contributed by atoms with Crippen LogP contribution in [0.3, 0.4) is 0 Å². The van der Waals surface area contributed by atoms with Gasteiger partial charge in [0, 0.05) is 6.42 Å². The van der Waals surface area contributed by atoms with Crippen molar-refractivity contribution in [2.45, 2.75) is 6.42 Å². The molecule has 0 spiro atoms. The van der Waals surface area contributed by atoms with Crippen molar-refractivity contribution in [2.75, 3.05) is 0 Å². The van der Waals surface area contributed by atoms with E-state index in [-0.39, 0.29) is 11.7 Å². The first-order chi connectivity index (χ1) is 10.7. The molecule has 2 heteroatoms. The van der Waals surface area contributed by atoms with Crippen molar-refractivity contribution >= 4 is 16.8 Å². The summed E-state index contributed by atoms with van der Waals surface area (Å²) in [5.41, 5.74) is 5.52. The zero-order valence-corrected chi connectivity index (χ0v) is 12.8. The highest BCUT2D eigenvalue weighted by Crippen LogP contribution is 2.27. The fraction of sp³-hybridized carbons (Fsp3) is 0.0500. The summed E-state index contributed by atoms with van der Waals surface area (Å²) in [6.07, 6.45) is 0.258. The number of carbonyl (C=O) groups excluding carboxylic acids is 1. The van der Waals surface area contributed by atoms with Gasteiger partial charge in [0.05, 0.1) is 0 Å². The maximum absolute atomic E-state index is 11.1. The molecule has 0 radical (unpaired) electrons. The zero-order valence-electron chi connectivity index (χ0n) is 12.0. The van der Waals surface area contributed by atoms with Gasteiger partial charge in [0.25, 0.3) is 0 Å². The van der Waals surface area contributed by atoms with Crippen molar-refractivity contribution in [2.24, 2.45) is 0 Å². The average Bonchev–Trinajstić information content (AvgIpc) is 2.55. The lowest BCUT2D eigenvalue weighted by Crippen LogP contribution is -1.93.